The van der Waals surface area contributed by atoms with Crippen molar-refractivity contribution in [3.05, 3.63) is 29.6 Å². The number of aryl methyl sites for hydroxylation is 1. The van der Waals surface area contributed by atoms with Crippen molar-refractivity contribution in [2.45, 2.75) is 63.4 Å². The lowest BCUT2D eigenvalue weighted by molar-refractivity contribution is -0.178. The van der Waals surface area contributed by atoms with E-state index in [9.17, 15) is 22.4 Å². The van der Waals surface area contributed by atoms with E-state index in [4.69, 9.17) is 4.74 Å². The molecular weight excluding hydrogens is 397 g/mol. The number of carbonyl (C=O) groups is 2. The van der Waals surface area contributed by atoms with Gasteiger partial charge in [0.2, 0.25) is 10.0 Å². The molecule has 2 saturated heterocycles. The van der Waals surface area contributed by atoms with Crippen molar-refractivity contribution >= 4 is 27.5 Å². The number of Topliss-reactive ketones (excluding diaryl/α,β-unsaturated/α-hetero) is 1. The first-order valence-corrected chi connectivity index (χ1v) is 11.9. The Morgan fingerprint density at radius 3 is 2.55 bits per heavy atom. The molecule has 1 unspecified atom stereocenters. The van der Waals surface area contributed by atoms with Gasteiger partial charge in [0.05, 0.1) is 11.4 Å². The van der Waals surface area contributed by atoms with Crippen LogP contribution in [0.15, 0.2) is 18.2 Å². The van der Waals surface area contributed by atoms with Crippen molar-refractivity contribution in [2.24, 2.45) is 5.92 Å². The van der Waals surface area contributed by atoms with Gasteiger partial charge in [-0.25, -0.2) is 12.8 Å². The molecule has 1 atom stereocenters. The van der Waals surface area contributed by atoms with Crippen LogP contribution in [-0.4, -0.2) is 38.1 Å². The third kappa shape index (κ3) is 4.04. The third-order valence-electron chi connectivity index (χ3n) is 6.47. The number of esters is 1. The number of halogens is 1. The van der Waals surface area contributed by atoms with Crippen LogP contribution in [0.25, 0.3) is 0 Å². The van der Waals surface area contributed by atoms with Crippen molar-refractivity contribution in [3.63, 3.8) is 0 Å². The second kappa shape index (κ2) is 7.70. The lowest BCUT2D eigenvalue weighted by atomic mass is 9.76. The van der Waals surface area contributed by atoms with Gasteiger partial charge in [-0.3, -0.25) is 13.9 Å². The van der Waals surface area contributed by atoms with Crippen LogP contribution in [-0.2, 0) is 30.8 Å². The van der Waals surface area contributed by atoms with Gasteiger partial charge in [-0.1, -0.05) is 18.9 Å². The summed E-state index contributed by atoms with van der Waals surface area (Å²) < 4.78 is 45.7. The van der Waals surface area contributed by atoms with Crippen LogP contribution in [0, 0.1) is 11.7 Å². The number of ketones is 1. The van der Waals surface area contributed by atoms with Gasteiger partial charge in [0.25, 0.3) is 0 Å². The Kier molecular flexibility index (Phi) is 5.40. The van der Waals surface area contributed by atoms with Crippen LogP contribution in [0.4, 0.5) is 10.1 Å². The van der Waals surface area contributed by atoms with Crippen LogP contribution in [0.2, 0.25) is 0 Å². The Bertz CT molecular complexity index is 907. The summed E-state index contributed by atoms with van der Waals surface area (Å²) in [4.78, 5) is 24.1. The molecule has 1 aromatic carbocycles. The van der Waals surface area contributed by atoms with Crippen molar-refractivity contribution in [3.8, 4) is 0 Å². The van der Waals surface area contributed by atoms with Gasteiger partial charge in [0.15, 0.2) is 0 Å². The average molecular weight is 424 g/mol. The molecule has 4 rings (SSSR count). The molecular formula is C21H26FNO5S. The first-order valence-electron chi connectivity index (χ1n) is 10.3. The zero-order valence-electron chi connectivity index (χ0n) is 16.4. The molecule has 6 nitrogen and oxygen atoms in total. The molecule has 29 heavy (non-hydrogen) atoms. The maximum Gasteiger partial charge on any atom is 0.313 e. The van der Waals surface area contributed by atoms with E-state index >= 15 is 0 Å². The maximum atomic E-state index is 14.7. The molecule has 0 bridgehead atoms. The molecule has 3 fully saturated rings. The second-order valence-corrected chi connectivity index (χ2v) is 10.5. The molecule has 2 aliphatic heterocycles. The Hall–Kier alpha value is -1.96. The first kappa shape index (κ1) is 20.3. The van der Waals surface area contributed by atoms with E-state index in [1.807, 2.05) is 0 Å². The van der Waals surface area contributed by atoms with E-state index in [-0.39, 0.29) is 36.0 Å². The number of benzene rings is 1. The van der Waals surface area contributed by atoms with E-state index in [2.05, 4.69) is 0 Å². The fourth-order valence-corrected chi connectivity index (χ4v) is 6.62. The summed E-state index contributed by atoms with van der Waals surface area (Å²) in [6.07, 6.45) is 5.47. The van der Waals surface area contributed by atoms with Gasteiger partial charge in [-0.2, -0.15) is 0 Å². The van der Waals surface area contributed by atoms with Gasteiger partial charge in [0, 0.05) is 13.0 Å². The Balaban J connectivity index is 1.53. The van der Waals surface area contributed by atoms with Crippen LogP contribution in [0.1, 0.15) is 56.9 Å². The van der Waals surface area contributed by atoms with Crippen LogP contribution >= 0.6 is 0 Å². The summed E-state index contributed by atoms with van der Waals surface area (Å²) in [6, 6.07) is 4.59. The number of carbonyl (C=O) groups excluding carboxylic acids is 2. The molecule has 0 amide bonds. The normalized spacial score (nSPS) is 27.4. The largest absolute Gasteiger partial charge is 0.458 e. The summed E-state index contributed by atoms with van der Waals surface area (Å²) in [7, 11) is -3.44. The quantitative estimate of drug-likeness (QED) is 0.537. The highest BCUT2D eigenvalue weighted by Gasteiger charge is 2.47. The lowest BCUT2D eigenvalue weighted by Crippen LogP contribution is -2.48. The number of sulfonamides is 1. The van der Waals surface area contributed by atoms with Crippen LogP contribution in [0.3, 0.4) is 0 Å². The molecule has 0 aromatic heterocycles. The van der Waals surface area contributed by atoms with Crippen molar-refractivity contribution in [1.29, 1.82) is 0 Å². The molecule has 0 spiro atoms. The molecule has 158 valence electrons. The zero-order chi connectivity index (χ0) is 20.6. The van der Waals surface area contributed by atoms with Crippen molar-refractivity contribution in [2.75, 3.05) is 16.6 Å². The molecule has 3 aliphatic rings. The number of rotatable bonds is 5. The van der Waals surface area contributed by atoms with Gasteiger partial charge in [-0.15, -0.1) is 0 Å². The summed E-state index contributed by atoms with van der Waals surface area (Å²) in [5.41, 5.74) is -0.0126. The molecule has 0 radical (unpaired) electrons. The maximum absolute atomic E-state index is 14.7. The van der Waals surface area contributed by atoms with Crippen LogP contribution < -0.4 is 4.31 Å². The van der Waals surface area contributed by atoms with E-state index in [0.717, 1.165) is 30.0 Å². The zero-order valence-corrected chi connectivity index (χ0v) is 17.2. The van der Waals surface area contributed by atoms with E-state index < -0.39 is 27.4 Å². The predicted octanol–water partition coefficient (Wildman–Crippen LogP) is 3.13. The molecule has 0 N–H and O–H groups in total. The SMILES string of the molecule is O=C1CC(=O)OC(CCc2ccc(N3CCCS3(=O)=O)c(F)c2)(C2CCCC2)C1. The number of cyclic esters (lactones) is 1. The van der Waals surface area contributed by atoms with E-state index in [1.54, 1.807) is 6.07 Å². The smallest absolute Gasteiger partial charge is 0.313 e. The monoisotopic (exact) mass is 423 g/mol. The van der Waals surface area contributed by atoms with E-state index in [1.165, 1.54) is 12.1 Å². The molecule has 8 heteroatoms. The molecule has 1 aromatic rings. The Morgan fingerprint density at radius 1 is 1.17 bits per heavy atom. The van der Waals surface area contributed by atoms with E-state index in [0.29, 0.717) is 31.4 Å². The minimum atomic E-state index is -3.44. The summed E-state index contributed by atoms with van der Waals surface area (Å²) in [5, 5.41) is 0. The predicted molar refractivity (Wildman–Crippen MR) is 105 cm³/mol. The van der Waals surface area contributed by atoms with Gasteiger partial charge in [-0.05, 0) is 55.7 Å². The number of ether oxygens (including phenoxy) is 1. The summed E-state index contributed by atoms with van der Waals surface area (Å²) >= 11 is 0. The molecule has 1 saturated carbocycles. The standard InChI is InChI=1S/C21H26FNO5S/c22-18-12-15(6-7-19(18)23-10-3-11-29(23,26)27)8-9-21(16-4-1-2-5-16)14-17(24)13-20(25)28-21/h6-7,12,16H,1-5,8-11,13-14H2. The highest BCUT2D eigenvalue weighted by Crippen LogP contribution is 2.44. The summed E-state index contributed by atoms with van der Waals surface area (Å²) in [5.74, 6) is -0.922. The topological polar surface area (TPSA) is 80.8 Å². The van der Waals surface area contributed by atoms with Gasteiger partial charge < -0.3 is 4.74 Å². The minimum Gasteiger partial charge on any atom is -0.458 e. The number of hydrogen-bond acceptors (Lipinski definition) is 5. The highest BCUT2D eigenvalue weighted by molar-refractivity contribution is 7.93. The highest BCUT2D eigenvalue weighted by atomic mass is 32.2. The van der Waals surface area contributed by atoms with Crippen molar-refractivity contribution < 1.29 is 27.1 Å². The molecule has 2 heterocycles. The lowest BCUT2D eigenvalue weighted by Gasteiger charge is -2.41. The first-order chi connectivity index (χ1) is 13.8. The summed E-state index contributed by atoms with van der Waals surface area (Å²) in [6.45, 7) is 0.293. The fraction of sp³-hybridized carbons (Fsp3) is 0.619. The average Bonchev–Trinajstić information content (AvgIpc) is 3.29. The fourth-order valence-electron chi connectivity index (χ4n) is 5.05. The van der Waals surface area contributed by atoms with Crippen LogP contribution in [0.5, 0.6) is 0 Å². The third-order valence-corrected chi connectivity index (χ3v) is 8.33. The Labute approximate surface area is 170 Å². The minimum absolute atomic E-state index is 0.0392. The second-order valence-electron chi connectivity index (χ2n) is 8.44. The van der Waals surface area contributed by atoms with Crippen molar-refractivity contribution in [1.82, 2.24) is 0 Å². The number of hydrogen-bond donors (Lipinski definition) is 0. The Morgan fingerprint density at radius 2 is 1.93 bits per heavy atom. The number of nitrogens with zero attached hydrogens (tertiary/aromatic N) is 1. The number of anilines is 1. The van der Waals surface area contributed by atoms with Gasteiger partial charge in [0.1, 0.15) is 23.6 Å². The molecule has 1 aliphatic carbocycles. The van der Waals surface area contributed by atoms with Gasteiger partial charge >= 0.3 is 5.97 Å².